The van der Waals surface area contributed by atoms with E-state index in [1.54, 1.807) is 56.6 Å². The van der Waals surface area contributed by atoms with Gasteiger partial charge in [-0.1, -0.05) is 18.2 Å². The van der Waals surface area contributed by atoms with Gasteiger partial charge in [-0.05, 0) is 30.3 Å². The van der Waals surface area contributed by atoms with E-state index < -0.39 is 5.54 Å². The summed E-state index contributed by atoms with van der Waals surface area (Å²) in [6.45, 7) is 1.33. The Labute approximate surface area is 157 Å². The molecule has 1 aliphatic heterocycles. The molecule has 2 aromatic rings. The molecule has 140 valence electrons. The predicted octanol–water partition coefficient (Wildman–Crippen LogP) is 2.03. The highest BCUT2D eigenvalue weighted by atomic mass is 16.5. The second kappa shape index (κ2) is 7.11. The molecule has 2 aromatic carbocycles. The highest BCUT2D eigenvalue weighted by Crippen LogP contribution is 2.41. The third-order valence-corrected chi connectivity index (χ3v) is 4.58. The quantitative estimate of drug-likeness (QED) is 0.846. The van der Waals surface area contributed by atoms with E-state index in [9.17, 15) is 14.4 Å². The number of carbonyl (C=O) groups excluding carboxylic acids is 3. The third kappa shape index (κ3) is 3.36. The summed E-state index contributed by atoms with van der Waals surface area (Å²) in [5.74, 6) is -0.439. The number of benzene rings is 2. The average Bonchev–Trinajstić information content (AvgIpc) is 2.84. The molecule has 0 radical (unpaired) electrons. The van der Waals surface area contributed by atoms with Gasteiger partial charge in [0.1, 0.15) is 5.75 Å². The third-order valence-electron chi connectivity index (χ3n) is 4.58. The van der Waals surface area contributed by atoms with Gasteiger partial charge in [-0.15, -0.1) is 0 Å². The molecule has 3 rings (SSSR count). The number of nitrogens with one attached hydrogen (secondary N) is 2. The van der Waals surface area contributed by atoms with Gasteiger partial charge >= 0.3 is 0 Å². The minimum Gasteiger partial charge on any atom is -0.497 e. The normalized spacial score (nSPS) is 18.0. The summed E-state index contributed by atoms with van der Waals surface area (Å²) < 4.78 is 5.10. The minimum absolute atomic E-state index is 0.210. The van der Waals surface area contributed by atoms with Gasteiger partial charge < -0.3 is 20.3 Å². The van der Waals surface area contributed by atoms with E-state index in [-0.39, 0.29) is 24.1 Å². The Morgan fingerprint density at radius 3 is 2.41 bits per heavy atom. The zero-order valence-electron chi connectivity index (χ0n) is 15.4. The smallest absolute Gasteiger partial charge is 0.257 e. The number of amides is 3. The monoisotopic (exact) mass is 367 g/mol. The highest BCUT2D eigenvalue weighted by Gasteiger charge is 2.51. The van der Waals surface area contributed by atoms with Crippen LogP contribution in [0, 0.1) is 0 Å². The van der Waals surface area contributed by atoms with E-state index in [4.69, 9.17) is 4.74 Å². The highest BCUT2D eigenvalue weighted by molar-refractivity contribution is 6.11. The molecule has 0 saturated carbocycles. The number of hydrogen-bond acceptors (Lipinski definition) is 4. The Morgan fingerprint density at radius 2 is 1.78 bits per heavy atom. The van der Waals surface area contributed by atoms with Crippen LogP contribution in [0.4, 0.5) is 11.4 Å². The van der Waals surface area contributed by atoms with Crippen molar-refractivity contribution < 1.29 is 19.1 Å². The SMILES string of the molecule is COc1ccc(NC(=O)C[C@]2(NC(C)=O)C(=O)N(C)c3ccccc32)cc1. The van der Waals surface area contributed by atoms with Crippen molar-refractivity contribution >= 4 is 29.1 Å². The average molecular weight is 367 g/mol. The van der Waals surface area contributed by atoms with Crippen molar-refractivity contribution in [3.63, 3.8) is 0 Å². The Kier molecular flexibility index (Phi) is 4.85. The van der Waals surface area contributed by atoms with Crippen LogP contribution in [0.3, 0.4) is 0 Å². The molecule has 27 heavy (non-hydrogen) atoms. The molecular formula is C20H21N3O4. The van der Waals surface area contributed by atoms with Crippen LogP contribution in [0.25, 0.3) is 0 Å². The second-order valence-electron chi connectivity index (χ2n) is 6.42. The van der Waals surface area contributed by atoms with Crippen molar-refractivity contribution in [2.24, 2.45) is 0 Å². The van der Waals surface area contributed by atoms with Crippen LogP contribution in [0.2, 0.25) is 0 Å². The van der Waals surface area contributed by atoms with Crippen LogP contribution in [0.15, 0.2) is 48.5 Å². The summed E-state index contributed by atoms with van der Waals surface area (Å²) >= 11 is 0. The number of likely N-dealkylation sites (N-methyl/N-ethyl adjacent to an activating group) is 1. The summed E-state index contributed by atoms with van der Waals surface area (Å²) in [4.78, 5) is 39.0. The maximum atomic E-state index is 13.0. The number of ether oxygens (including phenoxy) is 1. The van der Waals surface area contributed by atoms with Crippen LogP contribution in [-0.2, 0) is 19.9 Å². The van der Waals surface area contributed by atoms with Gasteiger partial charge in [-0.2, -0.15) is 0 Å². The number of anilines is 2. The predicted molar refractivity (Wildman–Crippen MR) is 102 cm³/mol. The number of fused-ring (bicyclic) bond motifs is 1. The molecule has 2 N–H and O–H groups in total. The maximum absolute atomic E-state index is 13.0. The molecule has 0 unspecified atom stereocenters. The van der Waals surface area contributed by atoms with Gasteiger partial charge in [0.15, 0.2) is 5.54 Å². The van der Waals surface area contributed by atoms with Crippen molar-refractivity contribution in [1.29, 1.82) is 0 Å². The zero-order chi connectivity index (χ0) is 19.6. The molecular weight excluding hydrogens is 346 g/mol. The van der Waals surface area contributed by atoms with Crippen LogP contribution in [-0.4, -0.2) is 31.9 Å². The fourth-order valence-corrected chi connectivity index (χ4v) is 3.39. The maximum Gasteiger partial charge on any atom is 0.257 e. The molecule has 7 nitrogen and oxygen atoms in total. The molecule has 0 saturated heterocycles. The largest absolute Gasteiger partial charge is 0.497 e. The van der Waals surface area contributed by atoms with E-state index in [1.165, 1.54) is 11.8 Å². The van der Waals surface area contributed by atoms with Gasteiger partial charge in [0.25, 0.3) is 5.91 Å². The number of methoxy groups -OCH3 is 1. The minimum atomic E-state index is -1.42. The van der Waals surface area contributed by atoms with E-state index in [0.29, 0.717) is 22.7 Å². The molecule has 1 heterocycles. The molecule has 0 bridgehead atoms. The van der Waals surface area contributed by atoms with E-state index in [1.807, 2.05) is 6.07 Å². The first-order valence-electron chi connectivity index (χ1n) is 8.47. The molecule has 1 aliphatic rings. The molecule has 3 amide bonds. The van der Waals surface area contributed by atoms with E-state index in [2.05, 4.69) is 10.6 Å². The number of hydrogen-bond donors (Lipinski definition) is 2. The van der Waals surface area contributed by atoms with Crippen LogP contribution >= 0.6 is 0 Å². The second-order valence-corrected chi connectivity index (χ2v) is 6.42. The first-order chi connectivity index (χ1) is 12.9. The van der Waals surface area contributed by atoms with E-state index >= 15 is 0 Å². The number of rotatable bonds is 5. The fraction of sp³-hybridized carbons (Fsp3) is 0.250. The Hall–Kier alpha value is -3.35. The van der Waals surface area contributed by atoms with E-state index in [0.717, 1.165) is 0 Å². The topological polar surface area (TPSA) is 87.7 Å². The summed E-state index contributed by atoms with van der Waals surface area (Å²) in [6.07, 6.45) is -0.210. The molecule has 0 aliphatic carbocycles. The van der Waals surface area contributed by atoms with Gasteiger partial charge in [-0.3, -0.25) is 14.4 Å². The van der Waals surface area contributed by atoms with Gasteiger partial charge in [0.05, 0.1) is 13.5 Å². The van der Waals surface area contributed by atoms with Crippen LogP contribution in [0.5, 0.6) is 5.75 Å². The Bertz CT molecular complexity index is 894. The van der Waals surface area contributed by atoms with Crippen molar-refractivity contribution in [3.8, 4) is 5.75 Å². The summed E-state index contributed by atoms with van der Waals surface area (Å²) in [5, 5.41) is 5.48. The lowest BCUT2D eigenvalue weighted by molar-refractivity contribution is -0.133. The first-order valence-corrected chi connectivity index (χ1v) is 8.47. The lowest BCUT2D eigenvalue weighted by Gasteiger charge is -2.28. The van der Waals surface area contributed by atoms with Crippen molar-refractivity contribution in [2.45, 2.75) is 18.9 Å². The number of carbonyl (C=O) groups is 3. The Morgan fingerprint density at radius 1 is 1.11 bits per heavy atom. The van der Waals surface area contributed by atoms with Crippen LogP contribution in [0.1, 0.15) is 18.9 Å². The number of nitrogens with zero attached hydrogens (tertiary/aromatic N) is 1. The van der Waals surface area contributed by atoms with Crippen molar-refractivity contribution in [2.75, 3.05) is 24.4 Å². The van der Waals surface area contributed by atoms with Crippen molar-refractivity contribution in [3.05, 3.63) is 54.1 Å². The number of para-hydroxylation sites is 1. The molecule has 7 heteroatoms. The standard InChI is InChI=1S/C20H21N3O4/c1-13(24)22-20(16-6-4-5-7-17(16)23(2)19(20)26)12-18(25)21-14-8-10-15(27-3)11-9-14/h4-11H,12H2,1-3H3,(H,21,25)(H,22,24)/t20-/m1/s1. The van der Waals surface area contributed by atoms with Gasteiger partial charge in [-0.25, -0.2) is 0 Å². The summed E-state index contributed by atoms with van der Waals surface area (Å²) in [7, 11) is 3.19. The van der Waals surface area contributed by atoms with Gasteiger partial charge in [0.2, 0.25) is 11.8 Å². The molecule has 0 aromatic heterocycles. The zero-order valence-corrected chi connectivity index (χ0v) is 15.4. The lowest BCUT2D eigenvalue weighted by Crippen LogP contribution is -2.53. The van der Waals surface area contributed by atoms with Crippen molar-refractivity contribution in [1.82, 2.24) is 5.32 Å². The fourth-order valence-electron chi connectivity index (χ4n) is 3.39. The summed E-state index contributed by atoms with van der Waals surface area (Å²) in [6, 6.07) is 14.0. The molecule has 0 spiro atoms. The first kappa shape index (κ1) is 18.4. The molecule has 0 fully saturated rings. The lowest BCUT2D eigenvalue weighted by atomic mass is 9.87. The molecule has 1 atom stereocenters. The van der Waals surface area contributed by atoms with Crippen LogP contribution < -0.4 is 20.3 Å². The van der Waals surface area contributed by atoms with Gasteiger partial charge in [0, 0.05) is 30.9 Å². The summed E-state index contributed by atoms with van der Waals surface area (Å²) in [5.41, 5.74) is 0.435. The Balaban J connectivity index is 1.90.